The molecule has 86 valence electrons. The highest BCUT2D eigenvalue weighted by Gasteiger charge is 2.41. The minimum Gasteiger partial charge on any atom is -0.381 e. The van der Waals surface area contributed by atoms with E-state index in [4.69, 9.17) is 9.47 Å². The molecule has 3 heteroatoms. The smallest absolute Gasteiger partial charge is 0.121 e. The van der Waals surface area contributed by atoms with Gasteiger partial charge in [0.2, 0.25) is 0 Å². The molecule has 2 unspecified atom stereocenters. The standard InChI is InChI=1S/C12H21NO2/c1-4-12(5-7-14-6-1)13-8-11(9-15-12)10-2-3-10/h10-11,13H,1-9H2. The maximum Gasteiger partial charge on any atom is 0.121 e. The van der Waals surface area contributed by atoms with E-state index in [9.17, 15) is 0 Å². The number of rotatable bonds is 1. The van der Waals surface area contributed by atoms with Crippen molar-refractivity contribution in [3.63, 3.8) is 0 Å². The van der Waals surface area contributed by atoms with Crippen LogP contribution in [0.1, 0.15) is 32.1 Å². The van der Waals surface area contributed by atoms with Crippen LogP contribution in [0.15, 0.2) is 0 Å². The predicted octanol–water partition coefficient (Wildman–Crippen LogP) is 1.53. The van der Waals surface area contributed by atoms with Gasteiger partial charge in [-0.1, -0.05) is 0 Å². The molecule has 0 aromatic heterocycles. The molecule has 2 aliphatic heterocycles. The van der Waals surface area contributed by atoms with Crippen LogP contribution in [0.5, 0.6) is 0 Å². The second-order valence-electron chi connectivity index (χ2n) is 5.25. The molecule has 1 spiro atoms. The van der Waals surface area contributed by atoms with Crippen molar-refractivity contribution in [2.45, 2.75) is 37.8 Å². The Labute approximate surface area is 91.5 Å². The number of hydrogen-bond donors (Lipinski definition) is 1. The zero-order valence-electron chi connectivity index (χ0n) is 9.34. The van der Waals surface area contributed by atoms with Gasteiger partial charge in [-0.25, -0.2) is 0 Å². The summed E-state index contributed by atoms with van der Waals surface area (Å²) in [4.78, 5) is 0. The summed E-state index contributed by atoms with van der Waals surface area (Å²) in [6.45, 7) is 3.88. The molecule has 1 saturated carbocycles. The van der Waals surface area contributed by atoms with Crippen LogP contribution in [0.3, 0.4) is 0 Å². The summed E-state index contributed by atoms with van der Waals surface area (Å²) in [5.41, 5.74) is -0.0398. The third-order valence-corrected chi connectivity index (χ3v) is 4.07. The van der Waals surface area contributed by atoms with Crippen molar-refractivity contribution in [2.75, 3.05) is 26.4 Å². The van der Waals surface area contributed by atoms with E-state index in [1.807, 2.05) is 0 Å². The van der Waals surface area contributed by atoms with Crippen LogP contribution in [0.2, 0.25) is 0 Å². The van der Waals surface area contributed by atoms with E-state index in [0.29, 0.717) is 0 Å². The molecule has 2 atom stereocenters. The summed E-state index contributed by atoms with van der Waals surface area (Å²) in [7, 11) is 0. The van der Waals surface area contributed by atoms with Crippen LogP contribution in [-0.4, -0.2) is 32.1 Å². The first-order valence-electron chi connectivity index (χ1n) is 6.35. The lowest BCUT2D eigenvalue weighted by Gasteiger charge is -2.40. The van der Waals surface area contributed by atoms with Gasteiger partial charge in [-0.3, -0.25) is 5.32 Å². The summed E-state index contributed by atoms with van der Waals surface area (Å²) < 4.78 is 11.6. The predicted molar refractivity (Wildman–Crippen MR) is 57.6 cm³/mol. The van der Waals surface area contributed by atoms with E-state index in [0.717, 1.165) is 57.5 Å². The molecule has 0 radical (unpaired) electrons. The largest absolute Gasteiger partial charge is 0.381 e. The van der Waals surface area contributed by atoms with E-state index in [-0.39, 0.29) is 5.72 Å². The van der Waals surface area contributed by atoms with Crippen LogP contribution in [0.25, 0.3) is 0 Å². The molecular formula is C12H21NO2. The highest BCUT2D eigenvalue weighted by Crippen LogP contribution is 2.39. The Bertz CT molecular complexity index is 210. The van der Waals surface area contributed by atoms with Gasteiger partial charge in [0.25, 0.3) is 0 Å². The quantitative estimate of drug-likeness (QED) is 0.713. The van der Waals surface area contributed by atoms with Gasteiger partial charge in [-0.15, -0.1) is 0 Å². The number of nitrogens with one attached hydrogen (secondary N) is 1. The molecule has 15 heavy (non-hydrogen) atoms. The van der Waals surface area contributed by atoms with Gasteiger partial charge in [0.05, 0.1) is 13.2 Å². The second kappa shape index (κ2) is 4.04. The number of ether oxygens (including phenoxy) is 2. The minimum atomic E-state index is -0.0398. The Morgan fingerprint density at radius 2 is 2.00 bits per heavy atom. The van der Waals surface area contributed by atoms with Crippen molar-refractivity contribution < 1.29 is 9.47 Å². The lowest BCUT2D eigenvalue weighted by Crippen LogP contribution is -2.55. The van der Waals surface area contributed by atoms with Gasteiger partial charge < -0.3 is 9.47 Å². The van der Waals surface area contributed by atoms with E-state index in [2.05, 4.69) is 5.32 Å². The molecule has 0 aromatic carbocycles. The Morgan fingerprint density at radius 3 is 2.73 bits per heavy atom. The monoisotopic (exact) mass is 211 g/mol. The van der Waals surface area contributed by atoms with E-state index >= 15 is 0 Å². The fourth-order valence-electron chi connectivity index (χ4n) is 2.81. The molecule has 1 aliphatic carbocycles. The van der Waals surface area contributed by atoms with Crippen molar-refractivity contribution >= 4 is 0 Å². The van der Waals surface area contributed by atoms with Gasteiger partial charge in [0.1, 0.15) is 5.72 Å². The van der Waals surface area contributed by atoms with Gasteiger partial charge >= 0.3 is 0 Å². The van der Waals surface area contributed by atoms with E-state index in [1.54, 1.807) is 0 Å². The van der Waals surface area contributed by atoms with Crippen LogP contribution in [0, 0.1) is 11.8 Å². The summed E-state index contributed by atoms with van der Waals surface area (Å²) in [6, 6.07) is 0. The fourth-order valence-corrected chi connectivity index (χ4v) is 2.81. The Balaban J connectivity index is 1.57. The zero-order valence-corrected chi connectivity index (χ0v) is 9.34. The van der Waals surface area contributed by atoms with Gasteiger partial charge in [0.15, 0.2) is 0 Å². The summed E-state index contributed by atoms with van der Waals surface area (Å²) >= 11 is 0. The zero-order chi connectivity index (χ0) is 10.1. The van der Waals surface area contributed by atoms with E-state index < -0.39 is 0 Å². The van der Waals surface area contributed by atoms with Crippen molar-refractivity contribution in [3.05, 3.63) is 0 Å². The van der Waals surface area contributed by atoms with Gasteiger partial charge in [-0.2, -0.15) is 0 Å². The maximum atomic E-state index is 6.11. The topological polar surface area (TPSA) is 30.5 Å². The molecule has 0 aromatic rings. The first-order chi connectivity index (χ1) is 7.38. The molecule has 3 fully saturated rings. The minimum absolute atomic E-state index is 0.0398. The molecule has 2 saturated heterocycles. The third kappa shape index (κ3) is 2.19. The third-order valence-electron chi connectivity index (χ3n) is 4.07. The highest BCUT2D eigenvalue weighted by atomic mass is 16.5. The van der Waals surface area contributed by atoms with Crippen LogP contribution in [-0.2, 0) is 9.47 Å². The van der Waals surface area contributed by atoms with Crippen molar-refractivity contribution in [1.29, 1.82) is 0 Å². The second-order valence-corrected chi connectivity index (χ2v) is 5.25. The Hall–Kier alpha value is -0.120. The summed E-state index contributed by atoms with van der Waals surface area (Å²) in [5.74, 6) is 1.73. The van der Waals surface area contributed by atoms with Crippen molar-refractivity contribution in [1.82, 2.24) is 5.32 Å². The molecule has 1 N–H and O–H groups in total. The van der Waals surface area contributed by atoms with Gasteiger partial charge in [-0.05, 0) is 37.5 Å². The summed E-state index contributed by atoms with van der Waals surface area (Å²) in [6.07, 6.45) is 6.10. The average molecular weight is 211 g/mol. The van der Waals surface area contributed by atoms with Crippen molar-refractivity contribution in [2.24, 2.45) is 11.8 Å². The molecule has 3 rings (SSSR count). The summed E-state index contributed by atoms with van der Waals surface area (Å²) in [5, 5.41) is 3.64. The lowest BCUT2D eigenvalue weighted by molar-refractivity contribution is -0.128. The first kappa shape index (κ1) is 10.1. The Kier molecular flexibility index (Phi) is 2.71. The lowest BCUT2D eigenvalue weighted by atomic mass is 9.97. The van der Waals surface area contributed by atoms with Crippen LogP contribution < -0.4 is 5.32 Å². The normalized spacial score (nSPS) is 42.8. The molecule has 3 nitrogen and oxygen atoms in total. The van der Waals surface area contributed by atoms with Gasteiger partial charge in [0, 0.05) is 19.6 Å². The van der Waals surface area contributed by atoms with E-state index in [1.165, 1.54) is 12.8 Å². The molecule has 3 aliphatic rings. The molecule has 0 bridgehead atoms. The van der Waals surface area contributed by atoms with Crippen LogP contribution in [0.4, 0.5) is 0 Å². The average Bonchev–Trinajstić information content (AvgIpc) is 3.07. The van der Waals surface area contributed by atoms with Crippen LogP contribution >= 0.6 is 0 Å². The van der Waals surface area contributed by atoms with Crippen molar-refractivity contribution in [3.8, 4) is 0 Å². The highest BCUT2D eigenvalue weighted by molar-refractivity contribution is 4.90. The number of hydrogen-bond acceptors (Lipinski definition) is 3. The Morgan fingerprint density at radius 1 is 1.07 bits per heavy atom. The first-order valence-corrected chi connectivity index (χ1v) is 6.35. The maximum absolute atomic E-state index is 6.11. The molecular weight excluding hydrogens is 190 g/mol. The molecule has 0 amide bonds. The fraction of sp³-hybridized carbons (Fsp3) is 1.00. The SMILES string of the molecule is C1COCCC2(C1)NCC(C1CC1)CO2. The molecule has 2 heterocycles.